The maximum atomic E-state index is 11.6. The van der Waals surface area contributed by atoms with Crippen molar-refractivity contribution < 1.29 is 9.59 Å². The van der Waals surface area contributed by atoms with Gasteiger partial charge in [0.1, 0.15) is 5.78 Å². The van der Waals surface area contributed by atoms with Gasteiger partial charge in [-0.2, -0.15) is 0 Å². The third-order valence-corrected chi connectivity index (χ3v) is 3.20. The molecule has 16 heavy (non-hydrogen) atoms. The van der Waals surface area contributed by atoms with Gasteiger partial charge in [0.05, 0.1) is 6.42 Å². The van der Waals surface area contributed by atoms with E-state index in [2.05, 4.69) is 11.9 Å². The van der Waals surface area contributed by atoms with Crippen molar-refractivity contribution >= 4 is 11.7 Å². The number of rotatable bonds is 4. The number of Topliss-reactive ketones (excluding diaryl/α,β-unsaturated/α-hetero) is 1. The predicted octanol–water partition coefficient (Wildman–Crippen LogP) is 0.766. The molecule has 0 atom stereocenters. The highest BCUT2D eigenvalue weighted by atomic mass is 16.2. The quantitative estimate of drug-likeness (QED) is 0.665. The second-order valence-corrected chi connectivity index (χ2v) is 4.90. The third kappa shape index (κ3) is 4.31. The first-order valence-corrected chi connectivity index (χ1v) is 5.91. The second kappa shape index (κ2) is 5.99. The van der Waals surface area contributed by atoms with E-state index in [1.807, 2.05) is 0 Å². The predicted molar refractivity (Wildman–Crippen MR) is 63.2 cm³/mol. The lowest BCUT2D eigenvalue weighted by Gasteiger charge is -2.31. The van der Waals surface area contributed by atoms with Crippen LogP contribution in [-0.2, 0) is 9.59 Å². The zero-order chi connectivity index (χ0) is 12.1. The van der Waals surface area contributed by atoms with E-state index in [0.29, 0.717) is 5.92 Å². The van der Waals surface area contributed by atoms with E-state index < -0.39 is 0 Å². The lowest BCUT2D eigenvalue weighted by Crippen LogP contribution is -2.38. The van der Waals surface area contributed by atoms with Crippen LogP contribution in [0.1, 0.15) is 26.2 Å². The molecule has 1 aliphatic heterocycles. The molecule has 1 aliphatic rings. The number of likely N-dealkylation sites (tertiary alicyclic amines) is 1. The van der Waals surface area contributed by atoms with Gasteiger partial charge in [-0.15, -0.1) is 0 Å². The molecule has 0 N–H and O–H groups in total. The summed E-state index contributed by atoms with van der Waals surface area (Å²) in [5.41, 5.74) is 0. The zero-order valence-electron chi connectivity index (χ0n) is 10.5. The molecule has 0 unspecified atom stereocenters. The summed E-state index contributed by atoms with van der Waals surface area (Å²) in [6.45, 7) is 4.47. The molecular formula is C12H22N2O2. The van der Waals surface area contributed by atoms with Gasteiger partial charge < -0.3 is 9.80 Å². The first-order chi connectivity index (χ1) is 7.49. The summed E-state index contributed by atoms with van der Waals surface area (Å²) in [6.07, 6.45) is 2.34. The molecule has 0 aliphatic carbocycles. The fourth-order valence-corrected chi connectivity index (χ4v) is 2.08. The van der Waals surface area contributed by atoms with E-state index in [1.165, 1.54) is 6.92 Å². The van der Waals surface area contributed by atoms with Crippen LogP contribution in [0.15, 0.2) is 0 Å². The van der Waals surface area contributed by atoms with Gasteiger partial charge in [-0.25, -0.2) is 0 Å². The van der Waals surface area contributed by atoms with Gasteiger partial charge in [0.2, 0.25) is 5.91 Å². The zero-order valence-corrected chi connectivity index (χ0v) is 10.5. The lowest BCUT2D eigenvalue weighted by atomic mass is 9.96. The van der Waals surface area contributed by atoms with E-state index >= 15 is 0 Å². The second-order valence-electron chi connectivity index (χ2n) is 4.90. The van der Waals surface area contributed by atoms with Crippen molar-refractivity contribution in [1.29, 1.82) is 0 Å². The Labute approximate surface area is 97.6 Å². The topological polar surface area (TPSA) is 40.6 Å². The van der Waals surface area contributed by atoms with Crippen LogP contribution in [0.4, 0.5) is 0 Å². The van der Waals surface area contributed by atoms with Gasteiger partial charge in [0.25, 0.3) is 0 Å². The summed E-state index contributed by atoms with van der Waals surface area (Å²) in [4.78, 5) is 26.4. The summed E-state index contributed by atoms with van der Waals surface area (Å²) in [5, 5.41) is 0. The van der Waals surface area contributed by atoms with E-state index in [1.54, 1.807) is 11.9 Å². The molecule has 0 spiro atoms. The van der Waals surface area contributed by atoms with Crippen molar-refractivity contribution in [2.24, 2.45) is 5.92 Å². The van der Waals surface area contributed by atoms with Crippen LogP contribution in [0.2, 0.25) is 0 Å². The molecule has 0 bridgehead atoms. The third-order valence-electron chi connectivity index (χ3n) is 3.20. The number of carbonyl (C=O) groups excluding carboxylic acids is 2. The molecule has 0 aromatic carbocycles. The molecule has 0 saturated carbocycles. The molecule has 1 rings (SSSR count). The average molecular weight is 226 g/mol. The highest BCUT2D eigenvalue weighted by molar-refractivity contribution is 5.96. The molecule has 0 aromatic rings. The Bertz CT molecular complexity index is 258. The summed E-state index contributed by atoms with van der Waals surface area (Å²) in [5.74, 6) is 0.490. The Morgan fingerprint density at radius 2 is 1.88 bits per heavy atom. The Kier molecular flexibility index (Phi) is 4.93. The Hall–Kier alpha value is -0.900. The largest absolute Gasteiger partial charge is 0.345 e. The monoisotopic (exact) mass is 226 g/mol. The summed E-state index contributed by atoms with van der Waals surface area (Å²) < 4.78 is 0. The van der Waals surface area contributed by atoms with Crippen molar-refractivity contribution in [2.45, 2.75) is 26.2 Å². The van der Waals surface area contributed by atoms with Crippen molar-refractivity contribution in [3.63, 3.8) is 0 Å². The first-order valence-electron chi connectivity index (χ1n) is 5.91. The van der Waals surface area contributed by atoms with Crippen LogP contribution in [0.5, 0.6) is 0 Å². The maximum Gasteiger partial charge on any atom is 0.229 e. The number of hydrogen-bond donors (Lipinski definition) is 0. The molecule has 4 heteroatoms. The molecule has 1 heterocycles. The number of carbonyl (C=O) groups is 2. The van der Waals surface area contributed by atoms with Crippen molar-refractivity contribution in [3.05, 3.63) is 0 Å². The first kappa shape index (κ1) is 13.2. The normalized spacial score (nSPS) is 18.4. The molecule has 1 fully saturated rings. The number of nitrogens with zero attached hydrogens (tertiary/aromatic N) is 2. The molecule has 92 valence electrons. The molecule has 1 amide bonds. The Morgan fingerprint density at radius 3 is 2.38 bits per heavy atom. The minimum Gasteiger partial charge on any atom is -0.345 e. The number of piperidine rings is 1. The Morgan fingerprint density at radius 1 is 1.31 bits per heavy atom. The summed E-state index contributed by atoms with van der Waals surface area (Å²) >= 11 is 0. The van der Waals surface area contributed by atoms with E-state index in [4.69, 9.17) is 0 Å². The molecule has 0 radical (unpaired) electrons. The van der Waals surface area contributed by atoms with Gasteiger partial charge in [0.15, 0.2) is 0 Å². The molecule has 1 saturated heterocycles. The van der Waals surface area contributed by atoms with Crippen molar-refractivity contribution in [3.8, 4) is 0 Å². The Balaban J connectivity index is 2.30. The van der Waals surface area contributed by atoms with Crippen molar-refractivity contribution in [2.75, 3.05) is 33.7 Å². The fraction of sp³-hybridized carbons (Fsp3) is 0.833. The standard InChI is InChI=1S/C12H22N2O2/c1-10(15)8-12(16)14(3)9-11-4-6-13(2)7-5-11/h11H,4-9H2,1-3H3. The van der Waals surface area contributed by atoms with Gasteiger partial charge in [0, 0.05) is 13.6 Å². The van der Waals surface area contributed by atoms with Crippen LogP contribution in [0.25, 0.3) is 0 Å². The molecular weight excluding hydrogens is 204 g/mol. The van der Waals surface area contributed by atoms with Gasteiger partial charge in [-0.05, 0) is 45.8 Å². The van der Waals surface area contributed by atoms with Crippen LogP contribution >= 0.6 is 0 Å². The van der Waals surface area contributed by atoms with Gasteiger partial charge >= 0.3 is 0 Å². The van der Waals surface area contributed by atoms with Crippen LogP contribution < -0.4 is 0 Å². The average Bonchev–Trinajstić information content (AvgIpc) is 2.20. The smallest absolute Gasteiger partial charge is 0.229 e. The van der Waals surface area contributed by atoms with Crippen LogP contribution in [-0.4, -0.2) is 55.2 Å². The van der Waals surface area contributed by atoms with Gasteiger partial charge in [-0.1, -0.05) is 0 Å². The minimum absolute atomic E-state index is 0.0448. The van der Waals surface area contributed by atoms with Crippen LogP contribution in [0.3, 0.4) is 0 Å². The van der Waals surface area contributed by atoms with E-state index in [-0.39, 0.29) is 18.1 Å². The SMILES string of the molecule is CC(=O)CC(=O)N(C)CC1CCN(C)CC1. The lowest BCUT2D eigenvalue weighted by molar-refractivity contribution is -0.134. The number of ketones is 1. The molecule has 0 aromatic heterocycles. The number of hydrogen-bond acceptors (Lipinski definition) is 3. The molecule has 4 nitrogen and oxygen atoms in total. The van der Waals surface area contributed by atoms with E-state index in [9.17, 15) is 9.59 Å². The van der Waals surface area contributed by atoms with Gasteiger partial charge in [-0.3, -0.25) is 9.59 Å². The highest BCUT2D eigenvalue weighted by Crippen LogP contribution is 2.16. The van der Waals surface area contributed by atoms with Crippen LogP contribution in [0, 0.1) is 5.92 Å². The number of amides is 1. The van der Waals surface area contributed by atoms with Crippen molar-refractivity contribution in [1.82, 2.24) is 9.80 Å². The fourth-order valence-electron chi connectivity index (χ4n) is 2.08. The minimum atomic E-state index is -0.0553. The summed E-state index contributed by atoms with van der Waals surface area (Å²) in [6, 6.07) is 0. The van der Waals surface area contributed by atoms with E-state index in [0.717, 1.165) is 32.5 Å². The summed E-state index contributed by atoms with van der Waals surface area (Å²) in [7, 11) is 3.92. The highest BCUT2D eigenvalue weighted by Gasteiger charge is 2.20. The maximum absolute atomic E-state index is 11.6.